The van der Waals surface area contributed by atoms with Crippen molar-refractivity contribution < 1.29 is 89.4 Å². The third kappa shape index (κ3) is 54.0. The van der Waals surface area contributed by atoms with E-state index in [0.29, 0.717) is 6.42 Å². The van der Waals surface area contributed by atoms with E-state index in [-0.39, 0.29) is 18.9 Å². The first-order chi connectivity index (χ1) is 56.3. The van der Waals surface area contributed by atoms with Crippen molar-refractivity contribution in [3.05, 3.63) is 12.2 Å². The van der Waals surface area contributed by atoms with Crippen LogP contribution in [0.1, 0.15) is 463 Å². The molecule has 3 aliphatic heterocycles. The lowest BCUT2D eigenvalue weighted by atomic mass is 9.96. The minimum Gasteiger partial charge on any atom is -0.394 e. The Balaban J connectivity index is 1.28. The summed E-state index contributed by atoms with van der Waals surface area (Å²) in [4.78, 5) is 13.5. The average molecular weight is 1640 g/mol. The van der Waals surface area contributed by atoms with Gasteiger partial charge >= 0.3 is 0 Å². The molecule has 0 spiro atoms. The van der Waals surface area contributed by atoms with Crippen molar-refractivity contribution in [3.63, 3.8) is 0 Å². The Morgan fingerprint density at radius 3 is 0.817 bits per heavy atom. The van der Waals surface area contributed by atoms with Gasteiger partial charge in [-0.05, 0) is 19.3 Å². The number of hydrogen-bond acceptors (Lipinski definition) is 18. The van der Waals surface area contributed by atoms with Gasteiger partial charge in [0, 0.05) is 6.42 Å². The molecule has 0 aromatic carbocycles. The topological polar surface area (TPSA) is 307 Å². The van der Waals surface area contributed by atoms with Crippen LogP contribution in [0.4, 0.5) is 0 Å². The first-order valence-corrected chi connectivity index (χ1v) is 49.4. The van der Waals surface area contributed by atoms with Gasteiger partial charge in [0.05, 0.1) is 38.6 Å². The van der Waals surface area contributed by atoms with Crippen molar-refractivity contribution in [2.75, 3.05) is 26.4 Å². The quantitative estimate of drug-likeness (QED) is 0.0199. The van der Waals surface area contributed by atoms with Gasteiger partial charge in [-0.3, -0.25) is 4.79 Å². The molecule has 0 radical (unpaired) electrons. The standard InChI is InChI=1S/C96H185NO18/c1-3-5-7-9-11-13-15-17-19-21-23-25-27-29-31-33-35-36-37-38-39-40-41-42-43-44-46-48-50-52-54-56-58-60-62-64-66-68-70-72-74-84(102)97-79(80(101)73-71-69-67-65-63-61-59-57-55-53-51-49-47-45-34-32-30-28-26-24-22-20-18-16-14-12-10-8-6-4-2)78-110-94-90(108)87(105)92(82(76-99)112-94)115-96-91(109)88(106)93(83(77-100)113-96)114-95-89(107)86(104)85(103)81(75-98)111-95/h71,73,79-83,85-96,98-101,103-109H,3-70,72,74-78H2,1-2H3,(H,97,102)/b73-71+. The second-order valence-electron chi connectivity index (χ2n) is 35.6. The predicted octanol–water partition coefficient (Wildman–Crippen LogP) is 20.2. The third-order valence-corrected chi connectivity index (χ3v) is 25.1. The summed E-state index contributed by atoms with van der Waals surface area (Å²) < 4.78 is 34.6. The lowest BCUT2D eigenvalue weighted by Gasteiger charge is -2.48. The molecule has 3 rings (SSSR count). The van der Waals surface area contributed by atoms with Gasteiger partial charge in [0.1, 0.15) is 73.2 Å². The summed E-state index contributed by atoms with van der Waals surface area (Å²) >= 11 is 0. The van der Waals surface area contributed by atoms with Gasteiger partial charge in [-0.25, -0.2) is 0 Å². The molecule has 0 aliphatic carbocycles. The summed E-state index contributed by atoms with van der Waals surface area (Å²) in [6, 6.07) is -0.972. The number of carbonyl (C=O) groups excluding carboxylic acids is 1. The van der Waals surface area contributed by atoms with E-state index in [0.717, 1.165) is 44.9 Å². The molecule has 17 atom stereocenters. The smallest absolute Gasteiger partial charge is 0.220 e. The Kier molecular flexibility index (Phi) is 71.4. The van der Waals surface area contributed by atoms with Gasteiger partial charge in [-0.15, -0.1) is 0 Å². The van der Waals surface area contributed by atoms with Crippen LogP contribution in [-0.4, -0.2) is 193 Å². The summed E-state index contributed by atoms with van der Waals surface area (Å²) in [6.07, 6.45) is 69.8. The molecule has 19 nitrogen and oxygen atoms in total. The van der Waals surface area contributed by atoms with Crippen molar-refractivity contribution in [1.82, 2.24) is 5.32 Å². The molecule has 0 aromatic heterocycles. The fourth-order valence-electron chi connectivity index (χ4n) is 17.3. The second-order valence-corrected chi connectivity index (χ2v) is 35.6. The highest BCUT2D eigenvalue weighted by molar-refractivity contribution is 5.76. The molecule has 3 saturated heterocycles. The summed E-state index contributed by atoms with van der Waals surface area (Å²) in [5.74, 6) is -0.263. The molecular weight excluding hydrogens is 1460 g/mol. The van der Waals surface area contributed by atoms with E-state index < -0.39 is 124 Å². The van der Waals surface area contributed by atoms with Crippen LogP contribution in [0.25, 0.3) is 0 Å². The minimum absolute atomic E-state index is 0.251. The summed E-state index contributed by atoms with van der Waals surface area (Å²) in [7, 11) is 0. The largest absolute Gasteiger partial charge is 0.394 e. The van der Waals surface area contributed by atoms with Gasteiger partial charge in [0.15, 0.2) is 18.9 Å². The molecule has 3 aliphatic rings. The zero-order valence-electron chi connectivity index (χ0n) is 74.1. The summed E-state index contributed by atoms with van der Waals surface area (Å²) in [5.41, 5.74) is 0. The number of amides is 1. The first kappa shape index (κ1) is 108. The van der Waals surface area contributed by atoms with Crippen LogP contribution in [-0.2, 0) is 33.2 Å². The lowest BCUT2D eigenvalue weighted by Crippen LogP contribution is -2.66. The van der Waals surface area contributed by atoms with Gasteiger partial charge in [0.25, 0.3) is 0 Å². The Morgan fingerprint density at radius 2 is 0.539 bits per heavy atom. The van der Waals surface area contributed by atoms with Crippen LogP contribution >= 0.6 is 0 Å². The van der Waals surface area contributed by atoms with E-state index in [1.54, 1.807) is 6.08 Å². The van der Waals surface area contributed by atoms with Crippen LogP contribution in [0.15, 0.2) is 12.2 Å². The van der Waals surface area contributed by atoms with Gasteiger partial charge in [-0.1, -0.05) is 450 Å². The van der Waals surface area contributed by atoms with Gasteiger partial charge in [-0.2, -0.15) is 0 Å². The molecule has 17 unspecified atom stereocenters. The summed E-state index contributed by atoms with van der Waals surface area (Å²) in [6.45, 7) is 1.83. The van der Waals surface area contributed by atoms with Crippen LogP contribution in [0, 0.1) is 0 Å². The Labute approximate surface area is 703 Å². The third-order valence-electron chi connectivity index (χ3n) is 25.1. The maximum absolute atomic E-state index is 13.5. The Hall–Kier alpha value is -1.47. The fraction of sp³-hybridized carbons (Fsp3) is 0.969. The van der Waals surface area contributed by atoms with Crippen molar-refractivity contribution >= 4 is 5.91 Å². The molecule has 115 heavy (non-hydrogen) atoms. The van der Waals surface area contributed by atoms with Crippen molar-refractivity contribution in [1.29, 1.82) is 0 Å². The van der Waals surface area contributed by atoms with Crippen LogP contribution in [0.2, 0.25) is 0 Å². The maximum Gasteiger partial charge on any atom is 0.220 e. The molecule has 0 saturated carbocycles. The highest BCUT2D eigenvalue weighted by Gasteiger charge is 2.54. The minimum atomic E-state index is -1.98. The van der Waals surface area contributed by atoms with Crippen molar-refractivity contribution in [2.45, 2.75) is 568 Å². The fourth-order valence-corrected chi connectivity index (χ4v) is 17.3. The molecule has 19 heteroatoms. The Bertz CT molecular complexity index is 2110. The summed E-state index contributed by atoms with van der Waals surface area (Å²) in [5, 5.41) is 121. The van der Waals surface area contributed by atoms with E-state index in [2.05, 4.69) is 19.2 Å². The highest BCUT2D eigenvalue weighted by atomic mass is 16.8. The molecule has 0 aromatic rings. The second kappa shape index (κ2) is 76.2. The SMILES string of the molecule is CCCCCCCCCCCCCCCCCCCCCCCCCCCCCC/C=C/C(O)C(COC1OC(CO)C(OC2OC(CO)C(OC3OC(CO)C(O)C(O)C3O)C(O)C2O)C(O)C1O)NC(=O)CCCCCCCCCCCCCCCCCCCCCCCCCCCCCCCCCCCCCCCCCC. The van der Waals surface area contributed by atoms with E-state index in [1.165, 1.54) is 392 Å². The van der Waals surface area contributed by atoms with E-state index in [9.17, 15) is 61.0 Å². The number of allylic oxidation sites excluding steroid dienone is 1. The van der Waals surface area contributed by atoms with Crippen LogP contribution in [0.5, 0.6) is 0 Å². The number of nitrogens with one attached hydrogen (secondary N) is 1. The molecule has 12 N–H and O–H groups in total. The van der Waals surface area contributed by atoms with E-state index >= 15 is 0 Å². The van der Waals surface area contributed by atoms with Crippen LogP contribution < -0.4 is 5.32 Å². The van der Waals surface area contributed by atoms with Gasteiger partial charge < -0.3 is 89.9 Å². The first-order valence-electron chi connectivity index (χ1n) is 49.4. The van der Waals surface area contributed by atoms with Crippen molar-refractivity contribution in [3.8, 4) is 0 Å². The normalized spacial score (nSPS) is 24.5. The molecule has 1 amide bonds. The number of carbonyl (C=O) groups is 1. The number of unbranched alkanes of at least 4 members (excludes halogenated alkanes) is 67. The van der Waals surface area contributed by atoms with Crippen molar-refractivity contribution in [2.24, 2.45) is 0 Å². The molecule has 3 fully saturated rings. The molecule has 682 valence electrons. The van der Waals surface area contributed by atoms with Crippen LogP contribution in [0.3, 0.4) is 0 Å². The maximum atomic E-state index is 13.5. The number of rotatable bonds is 83. The number of aliphatic hydroxyl groups excluding tert-OH is 11. The van der Waals surface area contributed by atoms with E-state index in [1.807, 2.05) is 6.08 Å². The van der Waals surface area contributed by atoms with Gasteiger partial charge in [0.2, 0.25) is 5.91 Å². The lowest BCUT2D eigenvalue weighted by molar-refractivity contribution is -0.379. The number of hydrogen-bond donors (Lipinski definition) is 12. The molecular formula is C96H185NO18. The zero-order valence-corrected chi connectivity index (χ0v) is 74.1. The monoisotopic (exact) mass is 1640 g/mol. The molecule has 3 heterocycles. The predicted molar refractivity (Wildman–Crippen MR) is 467 cm³/mol. The Morgan fingerprint density at radius 1 is 0.304 bits per heavy atom. The zero-order chi connectivity index (χ0) is 83.1. The number of aliphatic hydroxyl groups is 11. The highest BCUT2D eigenvalue weighted by Crippen LogP contribution is 2.34. The molecule has 0 bridgehead atoms. The van der Waals surface area contributed by atoms with E-state index in [4.69, 9.17) is 28.4 Å². The average Bonchev–Trinajstić information content (AvgIpc) is 0.778. The number of ether oxygens (including phenoxy) is 6.